The van der Waals surface area contributed by atoms with Gasteiger partial charge in [0.05, 0.1) is 19.8 Å². The monoisotopic (exact) mass is 204 g/mol. The van der Waals surface area contributed by atoms with Crippen LogP contribution in [-0.4, -0.2) is 46.2 Å². The third kappa shape index (κ3) is 3.10. The number of carboxylic acids is 1. The second kappa shape index (κ2) is 5.74. The summed E-state index contributed by atoms with van der Waals surface area (Å²) in [5.41, 5.74) is -1.06. The summed E-state index contributed by atoms with van der Waals surface area (Å²) < 4.78 is 0. The summed E-state index contributed by atoms with van der Waals surface area (Å²) in [6.45, 7) is 0.434. The molecule has 0 bridgehead atoms. The zero-order valence-electron chi connectivity index (χ0n) is 8.05. The number of hydrogen-bond donors (Lipinski definition) is 4. The largest absolute Gasteiger partial charge is 0.478 e. The smallest absolute Gasteiger partial charge is 0.327 e. The van der Waals surface area contributed by atoms with E-state index in [1.165, 1.54) is 6.08 Å². The Hall–Kier alpha value is -0.910. The van der Waals surface area contributed by atoms with E-state index in [1.54, 1.807) is 6.92 Å². The average molecular weight is 204 g/mol. The molecule has 0 heterocycles. The Balaban J connectivity index is 4.59. The second-order valence-corrected chi connectivity index (χ2v) is 3.32. The SMILES string of the molecule is CC(C=CC(=O)O)C(CO)(CO)CO. The van der Waals surface area contributed by atoms with Gasteiger partial charge in [0.2, 0.25) is 0 Å². The van der Waals surface area contributed by atoms with Crippen LogP contribution in [0.5, 0.6) is 0 Å². The van der Waals surface area contributed by atoms with Gasteiger partial charge in [0.15, 0.2) is 0 Å². The Labute approximate surface area is 82.3 Å². The molecule has 4 N–H and O–H groups in total. The first-order valence-corrected chi connectivity index (χ1v) is 4.26. The number of hydrogen-bond acceptors (Lipinski definition) is 4. The van der Waals surface area contributed by atoms with Gasteiger partial charge in [-0.05, 0) is 5.92 Å². The topological polar surface area (TPSA) is 98.0 Å². The van der Waals surface area contributed by atoms with Crippen molar-refractivity contribution in [2.24, 2.45) is 11.3 Å². The van der Waals surface area contributed by atoms with Gasteiger partial charge in [-0.15, -0.1) is 0 Å². The number of allylic oxidation sites excluding steroid dienone is 1. The molecule has 0 saturated heterocycles. The van der Waals surface area contributed by atoms with Crippen molar-refractivity contribution in [2.75, 3.05) is 19.8 Å². The van der Waals surface area contributed by atoms with Crippen LogP contribution in [0.3, 0.4) is 0 Å². The Morgan fingerprint density at radius 2 is 1.71 bits per heavy atom. The lowest BCUT2D eigenvalue weighted by atomic mass is 9.78. The Bertz CT molecular complexity index is 199. The van der Waals surface area contributed by atoms with Gasteiger partial charge in [-0.25, -0.2) is 4.79 Å². The van der Waals surface area contributed by atoms with Crippen LogP contribution < -0.4 is 0 Å². The van der Waals surface area contributed by atoms with Crippen molar-refractivity contribution in [3.05, 3.63) is 12.2 Å². The fraction of sp³-hybridized carbons (Fsp3) is 0.667. The fourth-order valence-electron chi connectivity index (χ4n) is 1.01. The summed E-state index contributed by atoms with van der Waals surface area (Å²) in [7, 11) is 0. The van der Waals surface area contributed by atoms with E-state index < -0.39 is 37.1 Å². The molecule has 0 aliphatic carbocycles. The van der Waals surface area contributed by atoms with Crippen molar-refractivity contribution in [3.63, 3.8) is 0 Å². The van der Waals surface area contributed by atoms with Gasteiger partial charge in [0.1, 0.15) is 0 Å². The quantitative estimate of drug-likeness (QED) is 0.426. The maximum Gasteiger partial charge on any atom is 0.327 e. The summed E-state index contributed by atoms with van der Waals surface area (Å²) in [6.07, 6.45) is 2.27. The van der Waals surface area contributed by atoms with E-state index in [4.69, 9.17) is 20.4 Å². The Morgan fingerprint density at radius 3 is 2.00 bits per heavy atom. The number of carbonyl (C=O) groups is 1. The minimum atomic E-state index is -1.10. The molecular weight excluding hydrogens is 188 g/mol. The van der Waals surface area contributed by atoms with Crippen LogP contribution in [0.15, 0.2) is 12.2 Å². The number of rotatable bonds is 6. The fourth-order valence-corrected chi connectivity index (χ4v) is 1.01. The van der Waals surface area contributed by atoms with Crippen LogP contribution in [0.25, 0.3) is 0 Å². The minimum Gasteiger partial charge on any atom is -0.478 e. The van der Waals surface area contributed by atoms with Gasteiger partial charge in [0, 0.05) is 11.5 Å². The summed E-state index contributed by atoms with van der Waals surface area (Å²) in [5, 5.41) is 35.4. The number of aliphatic hydroxyl groups is 3. The van der Waals surface area contributed by atoms with E-state index in [0.717, 1.165) is 6.08 Å². The highest BCUT2D eigenvalue weighted by molar-refractivity contribution is 5.79. The van der Waals surface area contributed by atoms with Crippen LogP contribution in [0.2, 0.25) is 0 Å². The van der Waals surface area contributed by atoms with E-state index in [1.807, 2.05) is 0 Å². The van der Waals surface area contributed by atoms with Crippen molar-refractivity contribution in [3.8, 4) is 0 Å². The van der Waals surface area contributed by atoms with E-state index in [2.05, 4.69) is 0 Å². The van der Waals surface area contributed by atoms with Crippen molar-refractivity contribution in [1.29, 1.82) is 0 Å². The number of aliphatic hydroxyl groups excluding tert-OH is 3. The molecule has 0 aromatic heterocycles. The van der Waals surface area contributed by atoms with Crippen molar-refractivity contribution in [1.82, 2.24) is 0 Å². The van der Waals surface area contributed by atoms with Gasteiger partial charge in [-0.1, -0.05) is 13.0 Å². The molecule has 0 saturated carbocycles. The normalized spacial score (nSPS) is 14.6. The maximum atomic E-state index is 10.2. The minimum absolute atomic E-state index is 0.398. The van der Waals surface area contributed by atoms with Crippen molar-refractivity contribution < 1.29 is 25.2 Å². The zero-order valence-corrected chi connectivity index (χ0v) is 8.05. The molecule has 0 fully saturated rings. The molecule has 0 aliphatic heterocycles. The third-order valence-electron chi connectivity index (χ3n) is 2.44. The molecule has 1 unspecified atom stereocenters. The van der Waals surface area contributed by atoms with Crippen LogP contribution in [0.4, 0.5) is 0 Å². The molecule has 1 atom stereocenters. The molecule has 0 radical (unpaired) electrons. The molecule has 0 aliphatic rings. The molecule has 14 heavy (non-hydrogen) atoms. The maximum absolute atomic E-state index is 10.2. The van der Waals surface area contributed by atoms with Gasteiger partial charge < -0.3 is 20.4 Å². The molecule has 0 aromatic rings. The molecule has 82 valence electrons. The summed E-state index contributed by atoms with van der Waals surface area (Å²) in [5.74, 6) is -1.52. The lowest BCUT2D eigenvalue weighted by Gasteiger charge is -2.32. The highest BCUT2D eigenvalue weighted by atomic mass is 16.4. The van der Waals surface area contributed by atoms with E-state index in [9.17, 15) is 4.79 Å². The lowest BCUT2D eigenvalue weighted by Crippen LogP contribution is -2.39. The third-order valence-corrected chi connectivity index (χ3v) is 2.44. The molecule has 0 spiro atoms. The molecule has 0 rings (SSSR count). The second-order valence-electron chi connectivity index (χ2n) is 3.32. The highest BCUT2D eigenvalue weighted by Crippen LogP contribution is 2.27. The summed E-state index contributed by atoms with van der Waals surface area (Å²) >= 11 is 0. The summed E-state index contributed by atoms with van der Waals surface area (Å²) in [6, 6.07) is 0. The van der Waals surface area contributed by atoms with Gasteiger partial charge in [0.25, 0.3) is 0 Å². The van der Waals surface area contributed by atoms with E-state index >= 15 is 0 Å². The van der Waals surface area contributed by atoms with Gasteiger partial charge in [-0.2, -0.15) is 0 Å². The predicted octanol–water partition coefficient (Wildman–Crippen LogP) is -0.773. The lowest BCUT2D eigenvalue weighted by molar-refractivity contribution is -0.131. The molecule has 0 amide bonds. The number of carboxylic acid groups (broad SMARTS) is 1. The van der Waals surface area contributed by atoms with Crippen LogP contribution in [-0.2, 0) is 4.79 Å². The van der Waals surface area contributed by atoms with Crippen molar-refractivity contribution >= 4 is 5.97 Å². The molecule has 0 aromatic carbocycles. The Kier molecular flexibility index (Phi) is 5.37. The van der Waals surface area contributed by atoms with Gasteiger partial charge >= 0.3 is 5.97 Å². The number of aliphatic carboxylic acids is 1. The van der Waals surface area contributed by atoms with Crippen LogP contribution >= 0.6 is 0 Å². The highest BCUT2D eigenvalue weighted by Gasteiger charge is 2.33. The van der Waals surface area contributed by atoms with Crippen LogP contribution in [0, 0.1) is 11.3 Å². The molecular formula is C9H16O5. The predicted molar refractivity (Wildman–Crippen MR) is 49.6 cm³/mol. The van der Waals surface area contributed by atoms with Crippen LogP contribution in [0.1, 0.15) is 6.92 Å². The van der Waals surface area contributed by atoms with Gasteiger partial charge in [-0.3, -0.25) is 0 Å². The van der Waals surface area contributed by atoms with E-state index in [-0.39, 0.29) is 0 Å². The first-order chi connectivity index (χ1) is 6.52. The standard InChI is InChI=1S/C9H16O5/c1-7(2-3-8(13)14)9(4-10,5-11)6-12/h2-3,7,10-12H,4-6H2,1H3,(H,13,14). The first kappa shape index (κ1) is 13.1. The average Bonchev–Trinajstić information content (AvgIpc) is 2.18. The molecule has 5 nitrogen and oxygen atoms in total. The van der Waals surface area contributed by atoms with E-state index in [0.29, 0.717) is 0 Å². The first-order valence-electron chi connectivity index (χ1n) is 4.26. The Morgan fingerprint density at radius 1 is 1.29 bits per heavy atom. The van der Waals surface area contributed by atoms with Crippen molar-refractivity contribution in [2.45, 2.75) is 6.92 Å². The zero-order chi connectivity index (χ0) is 11.2. The molecule has 5 heteroatoms. The summed E-state index contributed by atoms with van der Waals surface area (Å²) in [4.78, 5) is 10.2.